The fraction of sp³-hybridized carbons (Fsp3) is 0.750. The number of hydrogen-bond donors (Lipinski definition) is 1. The molecule has 5 heteroatoms. The van der Waals surface area contributed by atoms with Gasteiger partial charge in [-0.2, -0.15) is 0 Å². The number of carboxylic acid groups (broad SMARTS) is 1. The van der Waals surface area contributed by atoms with E-state index in [9.17, 15) is 9.59 Å². The second-order valence-electron chi connectivity index (χ2n) is 3.26. The number of likely N-dealkylation sites (N-methyl/N-ethyl adjacent to an activating group) is 1. The van der Waals surface area contributed by atoms with E-state index < -0.39 is 18.2 Å². The molecule has 1 amide bonds. The number of hydrogen-bond acceptors (Lipinski definition) is 3. The lowest BCUT2D eigenvalue weighted by Crippen LogP contribution is -2.34. The van der Waals surface area contributed by atoms with Gasteiger partial charge < -0.3 is 14.7 Å². The first-order valence-corrected chi connectivity index (χ1v) is 4.12. The number of carbonyl (C=O) groups excluding carboxylic acids is 1. The Bertz CT molecular complexity index is 226. The molecule has 0 radical (unpaired) electrons. The van der Waals surface area contributed by atoms with Crippen molar-refractivity contribution in [2.75, 3.05) is 14.1 Å². The van der Waals surface area contributed by atoms with Gasteiger partial charge in [-0.05, 0) is 12.8 Å². The molecule has 0 aromatic carbocycles. The minimum Gasteiger partial charge on any atom is -0.479 e. The zero-order valence-corrected chi connectivity index (χ0v) is 7.69. The molecule has 0 aromatic rings. The van der Waals surface area contributed by atoms with Gasteiger partial charge in [0.2, 0.25) is 0 Å². The molecule has 74 valence electrons. The third kappa shape index (κ3) is 2.18. The zero-order valence-electron chi connectivity index (χ0n) is 7.69. The van der Waals surface area contributed by atoms with Gasteiger partial charge in [0.15, 0.2) is 6.10 Å². The molecule has 1 aliphatic rings. The average Bonchev–Trinajstić information content (AvgIpc) is 2.50. The molecule has 1 saturated heterocycles. The summed E-state index contributed by atoms with van der Waals surface area (Å²) in [5.74, 6) is -1.15. The van der Waals surface area contributed by atoms with Crippen molar-refractivity contribution in [2.45, 2.75) is 25.0 Å². The van der Waals surface area contributed by atoms with Crippen molar-refractivity contribution < 1.29 is 19.4 Å². The summed E-state index contributed by atoms with van der Waals surface area (Å²) < 4.78 is 5.06. The van der Waals surface area contributed by atoms with E-state index in [2.05, 4.69) is 0 Å². The van der Waals surface area contributed by atoms with Crippen molar-refractivity contribution in [3.8, 4) is 0 Å². The van der Waals surface area contributed by atoms with Crippen LogP contribution in [0.25, 0.3) is 0 Å². The first-order chi connectivity index (χ1) is 6.02. The van der Waals surface area contributed by atoms with E-state index in [0.29, 0.717) is 12.8 Å². The lowest BCUT2D eigenvalue weighted by Gasteiger charge is -2.15. The predicted octanol–water partition coefficient (Wildman–Crippen LogP) is -0.293. The molecule has 1 fully saturated rings. The van der Waals surface area contributed by atoms with Crippen LogP contribution in [0.3, 0.4) is 0 Å². The second kappa shape index (κ2) is 3.74. The first kappa shape index (κ1) is 9.98. The van der Waals surface area contributed by atoms with Crippen molar-refractivity contribution in [2.24, 2.45) is 0 Å². The van der Waals surface area contributed by atoms with Crippen LogP contribution in [0.5, 0.6) is 0 Å². The van der Waals surface area contributed by atoms with Crippen LogP contribution in [0, 0.1) is 0 Å². The molecule has 1 heterocycles. The number of rotatable bonds is 2. The van der Waals surface area contributed by atoms with E-state index in [0.717, 1.165) is 0 Å². The van der Waals surface area contributed by atoms with Gasteiger partial charge in [0.1, 0.15) is 6.10 Å². The Kier molecular flexibility index (Phi) is 2.87. The maximum Gasteiger partial charge on any atom is 0.332 e. The third-order valence-corrected chi connectivity index (χ3v) is 2.01. The lowest BCUT2D eigenvalue weighted by atomic mass is 10.2. The maximum atomic E-state index is 11.3. The molecule has 0 aromatic heterocycles. The predicted molar refractivity (Wildman–Crippen MR) is 44.2 cm³/mol. The van der Waals surface area contributed by atoms with Crippen LogP contribution in [-0.2, 0) is 14.3 Å². The fourth-order valence-electron chi connectivity index (χ4n) is 1.29. The Morgan fingerprint density at radius 2 is 1.85 bits per heavy atom. The molecule has 0 bridgehead atoms. The summed E-state index contributed by atoms with van der Waals surface area (Å²) in [4.78, 5) is 23.2. The molecule has 5 nitrogen and oxygen atoms in total. The lowest BCUT2D eigenvalue weighted by molar-refractivity contribution is -0.153. The van der Waals surface area contributed by atoms with Gasteiger partial charge in [-0.25, -0.2) is 4.79 Å². The van der Waals surface area contributed by atoms with Crippen molar-refractivity contribution in [3.63, 3.8) is 0 Å². The van der Waals surface area contributed by atoms with Crippen LogP contribution in [-0.4, -0.2) is 48.2 Å². The summed E-state index contributed by atoms with van der Waals surface area (Å²) in [6, 6.07) is 0. The third-order valence-electron chi connectivity index (χ3n) is 2.01. The molecule has 0 spiro atoms. The molecule has 0 unspecified atom stereocenters. The van der Waals surface area contributed by atoms with Crippen molar-refractivity contribution in [3.05, 3.63) is 0 Å². The topological polar surface area (TPSA) is 66.8 Å². The molecule has 0 saturated carbocycles. The quantitative estimate of drug-likeness (QED) is 0.645. The molecule has 2 atom stereocenters. The van der Waals surface area contributed by atoms with Crippen molar-refractivity contribution in [1.82, 2.24) is 4.90 Å². The van der Waals surface area contributed by atoms with E-state index in [-0.39, 0.29) is 5.91 Å². The average molecular weight is 187 g/mol. The number of carbonyl (C=O) groups is 2. The van der Waals surface area contributed by atoms with E-state index in [1.165, 1.54) is 4.90 Å². The fourth-order valence-corrected chi connectivity index (χ4v) is 1.29. The van der Waals surface area contributed by atoms with E-state index in [4.69, 9.17) is 9.84 Å². The van der Waals surface area contributed by atoms with Crippen molar-refractivity contribution >= 4 is 11.9 Å². The van der Waals surface area contributed by atoms with Gasteiger partial charge >= 0.3 is 5.97 Å². The van der Waals surface area contributed by atoms with Gasteiger partial charge in [-0.1, -0.05) is 0 Å². The summed E-state index contributed by atoms with van der Waals surface area (Å²) in [6.07, 6.45) is -0.474. The smallest absolute Gasteiger partial charge is 0.332 e. The molecular formula is C8H13NO4. The van der Waals surface area contributed by atoms with Crippen LogP contribution in [0.4, 0.5) is 0 Å². The maximum absolute atomic E-state index is 11.3. The molecular weight excluding hydrogens is 174 g/mol. The highest BCUT2D eigenvalue weighted by atomic mass is 16.5. The standard InChI is InChI=1S/C8H13NO4/c1-9(2)7(10)5-3-4-6(13-5)8(11)12/h5-6H,3-4H2,1-2H3,(H,11,12)/t5-,6-/m0/s1. The Hall–Kier alpha value is -1.10. The number of nitrogens with zero attached hydrogens (tertiary/aromatic N) is 1. The highest BCUT2D eigenvalue weighted by Gasteiger charge is 2.35. The van der Waals surface area contributed by atoms with Crippen LogP contribution in [0.1, 0.15) is 12.8 Å². The van der Waals surface area contributed by atoms with E-state index >= 15 is 0 Å². The van der Waals surface area contributed by atoms with Gasteiger partial charge in [0, 0.05) is 14.1 Å². The highest BCUT2D eigenvalue weighted by Crippen LogP contribution is 2.20. The van der Waals surface area contributed by atoms with Gasteiger partial charge in [0.05, 0.1) is 0 Å². The van der Waals surface area contributed by atoms with Gasteiger partial charge in [-0.15, -0.1) is 0 Å². The molecule has 0 aliphatic carbocycles. The Morgan fingerprint density at radius 1 is 1.31 bits per heavy atom. The molecule has 13 heavy (non-hydrogen) atoms. The first-order valence-electron chi connectivity index (χ1n) is 4.12. The van der Waals surface area contributed by atoms with Crippen LogP contribution >= 0.6 is 0 Å². The minimum atomic E-state index is -0.992. The summed E-state index contributed by atoms with van der Waals surface area (Å²) in [5, 5.41) is 8.60. The summed E-state index contributed by atoms with van der Waals surface area (Å²) in [5.41, 5.74) is 0. The largest absolute Gasteiger partial charge is 0.479 e. The number of aliphatic carboxylic acids is 1. The number of ether oxygens (including phenoxy) is 1. The highest BCUT2D eigenvalue weighted by molar-refractivity contribution is 5.82. The van der Waals surface area contributed by atoms with E-state index in [1.807, 2.05) is 0 Å². The summed E-state index contributed by atoms with van der Waals surface area (Å²) >= 11 is 0. The Balaban J connectivity index is 2.50. The van der Waals surface area contributed by atoms with E-state index in [1.54, 1.807) is 14.1 Å². The number of amides is 1. The monoisotopic (exact) mass is 187 g/mol. The SMILES string of the molecule is CN(C)C(=O)[C@@H]1CC[C@@H](C(=O)O)O1. The van der Waals surface area contributed by atoms with Crippen LogP contribution < -0.4 is 0 Å². The zero-order chi connectivity index (χ0) is 10.0. The Morgan fingerprint density at radius 3 is 2.23 bits per heavy atom. The molecule has 1 N–H and O–H groups in total. The number of carboxylic acids is 1. The molecule has 1 rings (SSSR count). The van der Waals surface area contributed by atoms with Crippen LogP contribution in [0.2, 0.25) is 0 Å². The normalized spacial score (nSPS) is 27.2. The minimum absolute atomic E-state index is 0.163. The van der Waals surface area contributed by atoms with Gasteiger partial charge in [-0.3, -0.25) is 4.79 Å². The summed E-state index contributed by atoms with van der Waals surface area (Å²) in [6.45, 7) is 0. The van der Waals surface area contributed by atoms with Crippen LogP contribution in [0.15, 0.2) is 0 Å². The summed E-state index contributed by atoms with van der Waals surface area (Å²) in [7, 11) is 3.25. The van der Waals surface area contributed by atoms with Crippen molar-refractivity contribution in [1.29, 1.82) is 0 Å². The molecule has 1 aliphatic heterocycles. The second-order valence-corrected chi connectivity index (χ2v) is 3.26. The Labute approximate surface area is 76.3 Å². The van der Waals surface area contributed by atoms with Gasteiger partial charge in [0.25, 0.3) is 5.91 Å².